The molecule has 0 spiro atoms. The van der Waals surface area contributed by atoms with Crippen molar-refractivity contribution in [3.05, 3.63) is 0 Å². The van der Waals surface area contributed by atoms with Crippen molar-refractivity contribution in [2.45, 2.75) is 58.4 Å². The summed E-state index contributed by atoms with van der Waals surface area (Å²) in [6.07, 6.45) is 1.62. The molecule has 1 aliphatic carbocycles. The van der Waals surface area contributed by atoms with E-state index in [0.717, 1.165) is 38.1 Å². The molecule has 2 heterocycles. The van der Waals surface area contributed by atoms with Crippen molar-refractivity contribution in [3.63, 3.8) is 0 Å². The van der Waals surface area contributed by atoms with E-state index in [1.807, 2.05) is 0 Å². The average Bonchev–Trinajstić information content (AvgIpc) is 2.98. The molecule has 3 fully saturated rings. The van der Waals surface area contributed by atoms with Gasteiger partial charge in [0.25, 0.3) is 0 Å². The zero-order chi connectivity index (χ0) is 16.6. The normalized spacial score (nSPS) is 35.2. The van der Waals surface area contributed by atoms with E-state index in [4.69, 9.17) is 9.73 Å². The maximum absolute atomic E-state index is 5.94. The first-order valence-electron chi connectivity index (χ1n) is 9.24. The molecule has 3 rings (SSSR count). The molecule has 2 aliphatic heterocycles. The molecule has 6 heteroatoms. The third-order valence-corrected chi connectivity index (χ3v) is 7.37. The molecule has 0 radical (unpaired) electrons. The van der Waals surface area contributed by atoms with Gasteiger partial charge in [-0.05, 0) is 19.3 Å². The standard InChI is InChI=1S/C18H33N3OS.HI/c1-6-19-17(21-8-10-23-14(11-21)12(2)3)20-15-13-7-9-22-16(13)18(15,4)5;/h12-16H,6-11H2,1-5H3,(H,19,20);1H. The lowest BCUT2D eigenvalue weighted by atomic mass is 9.57. The summed E-state index contributed by atoms with van der Waals surface area (Å²) in [5, 5.41) is 4.54. The van der Waals surface area contributed by atoms with Crippen LogP contribution in [0.4, 0.5) is 0 Å². The van der Waals surface area contributed by atoms with E-state index in [-0.39, 0.29) is 29.4 Å². The van der Waals surface area contributed by atoms with Gasteiger partial charge in [0, 0.05) is 54.6 Å². The largest absolute Gasteiger partial charge is 0.377 e. The van der Waals surface area contributed by atoms with E-state index >= 15 is 0 Å². The van der Waals surface area contributed by atoms with Gasteiger partial charge in [-0.25, -0.2) is 0 Å². The maximum atomic E-state index is 5.94. The molecule has 2 saturated heterocycles. The summed E-state index contributed by atoms with van der Waals surface area (Å²) in [6, 6.07) is 0.493. The predicted molar refractivity (Wildman–Crippen MR) is 115 cm³/mol. The van der Waals surface area contributed by atoms with Gasteiger partial charge < -0.3 is 15.0 Å². The van der Waals surface area contributed by atoms with Crippen LogP contribution in [0.3, 0.4) is 0 Å². The van der Waals surface area contributed by atoms with E-state index in [9.17, 15) is 0 Å². The van der Waals surface area contributed by atoms with Gasteiger partial charge in [0.05, 0.1) is 6.10 Å². The Morgan fingerprint density at radius 3 is 2.83 bits per heavy atom. The summed E-state index contributed by atoms with van der Waals surface area (Å²) < 4.78 is 5.94. The van der Waals surface area contributed by atoms with Crippen LogP contribution in [0.5, 0.6) is 0 Å². The van der Waals surface area contributed by atoms with Gasteiger partial charge in [0.15, 0.2) is 5.96 Å². The van der Waals surface area contributed by atoms with Crippen molar-refractivity contribution < 1.29 is 4.74 Å². The number of rotatable bonds is 3. The molecule has 0 aromatic heterocycles. The predicted octanol–water partition coefficient (Wildman–Crippen LogP) is 3.46. The van der Waals surface area contributed by atoms with Gasteiger partial charge in [-0.1, -0.05) is 27.7 Å². The van der Waals surface area contributed by atoms with Crippen molar-refractivity contribution in [1.82, 2.24) is 10.2 Å². The summed E-state index contributed by atoms with van der Waals surface area (Å²) in [5.74, 6) is 3.71. The molecule has 4 unspecified atom stereocenters. The Morgan fingerprint density at radius 1 is 1.42 bits per heavy atom. The number of fused-ring (bicyclic) bond motifs is 1. The number of ether oxygens (including phenoxy) is 1. The minimum absolute atomic E-state index is 0. The Kier molecular flexibility index (Phi) is 7.16. The first kappa shape index (κ1) is 20.6. The fourth-order valence-electron chi connectivity index (χ4n) is 4.41. The second-order valence-corrected chi connectivity index (χ2v) is 9.43. The summed E-state index contributed by atoms with van der Waals surface area (Å²) >= 11 is 2.12. The van der Waals surface area contributed by atoms with Crippen molar-refractivity contribution in [1.29, 1.82) is 0 Å². The molecule has 1 N–H and O–H groups in total. The molecule has 4 atom stereocenters. The maximum Gasteiger partial charge on any atom is 0.194 e. The molecule has 0 aromatic carbocycles. The molecular formula is C18H34IN3OS. The highest BCUT2D eigenvalue weighted by Gasteiger charge is 2.59. The first-order chi connectivity index (χ1) is 10.9. The summed E-state index contributed by atoms with van der Waals surface area (Å²) in [6.45, 7) is 15.5. The van der Waals surface area contributed by atoms with Gasteiger partial charge in [-0.2, -0.15) is 11.8 Å². The van der Waals surface area contributed by atoms with Crippen LogP contribution in [0.2, 0.25) is 0 Å². The van der Waals surface area contributed by atoms with Crippen molar-refractivity contribution in [3.8, 4) is 0 Å². The van der Waals surface area contributed by atoms with E-state index in [2.05, 4.69) is 56.6 Å². The lowest BCUT2D eigenvalue weighted by Crippen LogP contribution is -2.68. The van der Waals surface area contributed by atoms with Crippen LogP contribution in [0.25, 0.3) is 0 Å². The Labute approximate surface area is 169 Å². The Bertz CT molecular complexity index is 458. The molecule has 140 valence electrons. The van der Waals surface area contributed by atoms with Crippen LogP contribution in [0, 0.1) is 17.3 Å². The van der Waals surface area contributed by atoms with Crippen LogP contribution in [-0.4, -0.2) is 60.2 Å². The van der Waals surface area contributed by atoms with E-state index in [1.165, 1.54) is 12.2 Å². The second-order valence-electron chi connectivity index (χ2n) is 8.08. The van der Waals surface area contributed by atoms with Crippen molar-refractivity contribution in [2.24, 2.45) is 22.2 Å². The van der Waals surface area contributed by atoms with Crippen LogP contribution < -0.4 is 5.32 Å². The third kappa shape index (κ3) is 3.85. The number of hydrogen-bond donors (Lipinski definition) is 1. The van der Waals surface area contributed by atoms with E-state index in [1.54, 1.807) is 0 Å². The molecule has 0 aromatic rings. The third-order valence-electron chi connectivity index (χ3n) is 5.83. The SMILES string of the molecule is CCN=C(NC1C2CCOC2C1(C)C)N1CCSC(C(C)C)C1.I. The average molecular weight is 467 g/mol. The molecule has 4 nitrogen and oxygen atoms in total. The smallest absolute Gasteiger partial charge is 0.194 e. The molecule has 3 aliphatic rings. The quantitative estimate of drug-likeness (QED) is 0.392. The van der Waals surface area contributed by atoms with Crippen molar-refractivity contribution in [2.75, 3.05) is 32.0 Å². The van der Waals surface area contributed by atoms with Crippen LogP contribution in [0.1, 0.15) is 41.0 Å². The number of aliphatic imine (C=N–C) groups is 1. The zero-order valence-corrected chi connectivity index (χ0v) is 18.9. The van der Waals surface area contributed by atoms with Gasteiger partial charge in [0.1, 0.15) is 0 Å². The molecule has 24 heavy (non-hydrogen) atoms. The van der Waals surface area contributed by atoms with Crippen LogP contribution in [-0.2, 0) is 4.74 Å². The lowest BCUT2D eigenvalue weighted by molar-refractivity contribution is -0.107. The first-order valence-corrected chi connectivity index (χ1v) is 10.3. The number of guanidine groups is 1. The highest BCUT2D eigenvalue weighted by molar-refractivity contribution is 14.0. The molecule has 0 amide bonds. The second kappa shape index (κ2) is 8.33. The number of hydrogen-bond acceptors (Lipinski definition) is 3. The van der Waals surface area contributed by atoms with Crippen LogP contribution in [0.15, 0.2) is 4.99 Å². The number of halogens is 1. The minimum Gasteiger partial charge on any atom is -0.377 e. The number of thioether (sulfide) groups is 1. The fourth-order valence-corrected chi connectivity index (χ4v) is 5.71. The highest BCUT2D eigenvalue weighted by Crippen LogP contribution is 2.52. The number of nitrogens with zero attached hydrogens (tertiary/aromatic N) is 2. The van der Waals surface area contributed by atoms with Gasteiger partial charge in [-0.3, -0.25) is 4.99 Å². The molecule has 0 bridgehead atoms. The Hall–Kier alpha value is 0.310. The number of nitrogens with one attached hydrogen (secondary N) is 1. The van der Waals surface area contributed by atoms with Gasteiger partial charge in [-0.15, -0.1) is 24.0 Å². The van der Waals surface area contributed by atoms with Crippen LogP contribution >= 0.6 is 35.7 Å². The summed E-state index contributed by atoms with van der Waals surface area (Å²) in [5.41, 5.74) is 0.206. The monoisotopic (exact) mass is 467 g/mol. The highest BCUT2D eigenvalue weighted by atomic mass is 127. The van der Waals surface area contributed by atoms with Gasteiger partial charge in [0.2, 0.25) is 0 Å². The lowest BCUT2D eigenvalue weighted by Gasteiger charge is -2.55. The summed E-state index contributed by atoms with van der Waals surface area (Å²) in [4.78, 5) is 7.31. The zero-order valence-electron chi connectivity index (χ0n) is 15.7. The van der Waals surface area contributed by atoms with E-state index in [0.29, 0.717) is 23.3 Å². The molecule has 1 saturated carbocycles. The molecular weight excluding hydrogens is 433 g/mol. The fraction of sp³-hybridized carbons (Fsp3) is 0.944. The Morgan fingerprint density at radius 2 is 2.17 bits per heavy atom. The summed E-state index contributed by atoms with van der Waals surface area (Å²) in [7, 11) is 0. The van der Waals surface area contributed by atoms with Gasteiger partial charge >= 0.3 is 0 Å². The van der Waals surface area contributed by atoms with E-state index < -0.39 is 0 Å². The topological polar surface area (TPSA) is 36.9 Å². The van der Waals surface area contributed by atoms with Crippen molar-refractivity contribution >= 4 is 41.7 Å². The minimum atomic E-state index is 0. The Balaban J connectivity index is 0.00000208.